The molecule has 0 saturated heterocycles. The summed E-state index contributed by atoms with van der Waals surface area (Å²) >= 11 is 0. The minimum atomic E-state index is -1.60. The van der Waals surface area contributed by atoms with Crippen LogP contribution in [0.3, 0.4) is 0 Å². The van der Waals surface area contributed by atoms with Gasteiger partial charge >= 0.3 is 11.7 Å². The maximum absolute atomic E-state index is 13.2. The lowest BCUT2D eigenvalue weighted by Crippen LogP contribution is -2.56. The first-order chi connectivity index (χ1) is 21.8. The minimum absolute atomic E-state index is 0.0390. The Bertz CT molecular complexity index is 1660. The Morgan fingerprint density at radius 3 is 2.11 bits per heavy atom. The maximum atomic E-state index is 13.2. The topological polar surface area (TPSA) is 255 Å². The number of hydrogen-bond donors (Lipinski definition) is 8. The smallest absolute Gasteiger partial charge is 0.328 e. The van der Waals surface area contributed by atoms with Crippen molar-refractivity contribution in [3.63, 3.8) is 0 Å². The summed E-state index contributed by atoms with van der Waals surface area (Å²) in [6, 6.07) is 10.8. The van der Waals surface area contributed by atoms with Gasteiger partial charge in [-0.1, -0.05) is 42.5 Å². The van der Waals surface area contributed by atoms with Gasteiger partial charge in [0.2, 0.25) is 23.6 Å². The Hall–Kier alpha value is -5.77. The van der Waals surface area contributed by atoms with Crippen molar-refractivity contribution in [1.29, 1.82) is 0 Å². The molecule has 0 saturated carbocycles. The molecule has 3 rings (SSSR count). The summed E-state index contributed by atoms with van der Waals surface area (Å²) in [5, 5.41) is 28.7. The second-order valence-corrected chi connectivity index (χ2v) is 10.4. The summed E-state index contributed by atoms with van der Waals surface area (Å²) in [7, 11) is 0. The third-order valence-corrected chi connectivity index (χ3v) is 6.73. The summed E-state index contributed by atoms with van der Waals surface area (Å²) in [4.78, 5) is 88.3. The number of hydrogen-bond acceptors (Lipinski definition) is 9. The minimum Gasteiger partial charge on any atom is -0.508 e. The Morgan fingerprint density at radius 1 is 0.826 bits per heavy atom. The molecule has 3 aromatic rings. The number of carbonyl (C=O) groups excluding carboxylic acids is 4. The largest absolute Gasteiger partial charge is 0.508 e. The number of rotatable bonds is 15. The molecule has 1 unspecified atom stereocenters. The van der Waals surface area contributed by atoms with Crippen LogP contribution < -0.4 is 38.2 Å². The molecule has 0 radical (unpaired) electrons. The zero-order chi connectivity index (χ0) is 33.8. The molecule has 4 atom stereocenters. The van der Waals surface area contributed by atoms with Crippen LogP contribution in [0.5, 0.6) is 5.75 Å². The van der Waals surface area contributed by atoms with Gasteiger partial charge in [-0.25, -0.2) is 9.59 Å². The third kappa shape index (κ3) is 10.7. The van der Waals surface area contributed by atoms with E-state index in [1.807, 2.05) is 4.98 Å². The van der Waals surface area contributed by atoms with E-state index in [1.54, 1.807) is 42.5 Å². The summed E-state index contributed by atoms with van der Waals surface area (Å²) < 4.78 is 0.904. The average Bonchev–Trinajstić information content (AvgIpc) is 3.01. The number of nitrogens with one attached hydrogen (secondary N) is 5. The molecular formula is C30H35N7O9. The van der Waals surface area contributed by atoms with E-state index in [9.17, 15) is 43.8 Å². The Morgan fingerprint density at radius 2 is 1.48 bits per heavy atom. The van der Waals surface area contributed by atoms with Crippen LogP contribution in [0.2, 0.25) is 0 Å². The number of phenolic OH excluding ortho intramolecular Hbond substituents is 1. The third-order valence-electron chi connectivity index (χ3n) is 6.73. The fourth-order valence-corrected chi connectivity index (χ4v) is 4.23. The van der Waals surface area contributed by atoms with Gasteiger partial charge in [-0.3, -0.25) is 33.5 Å². The number of nitrogens with zero attached hydrogens (tertiary/aromatic N) is 1. The quantitative estimate of drug-likeness (QED) is 0.0887. The fourth-order valence-electron chi connectivity index (χ4n) is 4.23. The number of aromatic amines is 1. The number of aromatic hydroxyl groups is 1. The van der Waals surface area contributed by atoms with Crippen LogP contribution in [0.4, 0.5) is 0 Å². The molecule has 1 heterocycles. The van der Waals surface area contributed by atoms with Gasteiger partial charge in [0.25, 0.3) is 5.56 Å². The summed E-state index contributed by atoms with van der Waals surface area (Å²) in [6.07, 6.45) is 1.20. The molecule has 0 aliphatic carbocycles. The SMILES string of the molecule is C[C@@H](NC(=O)[C@@H](N)Cc1ccc(O)cc1)C(=O)NCC(=O)N[C@@H](Cc1ccccc1)C(=O)NC(Cn1ccc(=O)[nH]c1=O)C(=O)O. The molecule has 46 heavy (non-hydrogen) atoms. The number of amides is 4. The van der Waals surface area contributed by atoms with Gasteiger partial charge in [-0.15, -0.1) is 0 Å². The van der Waals surface area contributed by atoms with Crippen molar-refractivity contribution in [2.45, 2.75) is 50.5 Å². The van der Waals surface area contributed by atoms with Crippen molar-refractivity contribution in [3.05, 3.63) is 98.8 Å². The number of carboxylic acid groups (broad SMARTS) is 1. The lowest BCUT2D eigenvalue weighted by molar-refractivity contribution is -0.142. The number of benzene rings is 2. The maximum Gasteiger partial charge on any atom is 0.328 e. The zero-order valence-electron chi connectivity index (χ0n) is 24.8. The fraction of sp³-hybridized carbons (Fsp3) is 0.300. The highest BCUT2D eigenvalue weighted by Crippen LogP contribution is 2.11. The Balaban J connectivity index is 1.59. The average molecular weight is 638 g/mol. The standard InChI is InChI=1S/C30H35N7O9/c1-17(33-27(42)21(31)13-19-7-9-20(38)10-8-19)26(41)32-15-25(40)34-22(14-18-5-3-2-4-6-18)28(43)35-23(29(44)45)16-37-12-11-24(39)36-30(37)46/h2-12,17,21-23,38H,13-16,31H2,1H3,(H,32,41)(H,33,42)(H,34,40)(H,35,43)(H,44,45)(H,36,39,46)/t17-,21+,22+,23?/m1/s1. The van der Waals surface area contributed by atoms with Crippen LogP contribution in [0.15, 0.2) is 76.4 Å². The van der Waals surface area contributed by atoms with E-state index in [0.29, 0.717) is 11.1 Å². The molecule has 9 N–H and O–H groups in total. The highest BCUT2D eigenvalue weighted by atomic mass is 16.4. The Labute approximate surface area is 262 Å². The van der Waals surface area contributed by atoms with E-state index >= 15 is 0 Å². The highest BCUT2D eigenvalue weighted by molar-refractivity contribution is 5.94. The van der Waals surface area contributed by atoms with Gasteiger partial charge in [0, 0.05) is 18.7 Å². The van der Waals surface area contributed by atoms with Crippen LogP contribution in [0, 0.1) is 0 Å². The first-order valence-electron chi connectivity index (χ1n) is 14.1. The molecule has 0 aliphatic heterocycles. The number of phenols is 1. The molecular weight excluding hydrogens is 602 g/mol. The zero-order valence-corrected chi connectivity index (χ0v) is 24.8. The van der Waals surface area contributed by atoms with Gasteiger partial charge in [0.1, 0.15) is 23.9 Å². The van der Waals surface area contributed by atoms with Gasteiger partial charge in [0.15, 0.2) is 0 Å². The molecule has 2 aromatic carbocycles. The predicted octanol–water partition coefficient (Wildman–Crippen LogP) is -2.27. The molecule has 0 bridgehead atoms. The van der Waals surface area contributed by atoms with Gasteiger partial charge in [-0.2, -0.15) is 0 Å². The van der Waals surface area contributed by atoms with Crippen LogP contribution in [0.25, 0.3) is 0 Å². The molecule has 16 nitrogen and oxygen atoms in total. The van der Waals surface area contributed by atoms with E-state index in [1.165, 1.54) is 19.1 Å². The van der Waals surface area contributed by atoms with Crippen LogP contribution >= 0.6 is 0 Å². The summed E-state index contributed by atoms with van der Waals surface area (Å²) in [5.41, 5.74) is 5.72. The van der Waals surface area contributed by atoms with Crippen molar-refractivity contribution >= 4 is 29.6 Å². The summed E-state index contributed by atoms with van der Waals surface area (Å²) in [6.45, 7) is 0.303. The van der Waals surface area contributed by atoms with E-state index in [2.05, 4.69) is 21.3 Å². The highest BCUT2D eigenvalue weighted by Gasteiger charge is 2.28. The molecule has 244 valence electrons. The van der Waals surface area contributed by atoms with Crippen molar-refractivity contribution < 1.29 is 34.2 Å². The van der Waals surface area contributed by atoms with E-state index in [-0.39, 0.29) is 18.6 Å². The van der Waals surface area contributed by atoms with Crippen molar-refractivity contribution in [1.82, 2.24) is 30.8 Å². The van der Waals surface area contributed by atoms with Crippen LogP contribution in [0.1, 0.15) is 18.1 Å². The molecule has 16 heteroatoms. The number of aromatic nitrogens is 2. The number of H-pyrrole nitrogens is 1. The first-order valence-corrected chi connectivity index (χ1v) is 14.1. The number of aliphatic carboxylic acids is 1. The second-order valence-electron chi connectivity index (χ2n) is 10.4. The molecule has 0 fully saturated rings. The van der Waals surface area contributed by atoms with Gasteiger partial charge < -0.3 is 37.2 Å². The predicted molar refractivity (Wildman–Crippen MR) is 163 cm³/mol. The lowest BCUT2D eigenvalue weighted by Gasteiger charge is -2.22. The lowest BCUT2D eigenvalue weighted by atomic mass is 10.0. The second kappa shape index (κ2) is 16.3. The van der Waals surface area contributed by atoms with Gasteiger partial charge in [0.05, 0.1) is 19.1 Å². The van der Waals surface area contributed by atoms with Crippen molar-refractivity contribution in [2.75, 3.05) is 6.54 Å². The monoisotopic (exact) mass is 637 g/mol. The molecule has 0 aliphatic rings. The van der Waals surface area contributed by atoms with E-state index in [0.717, 1.165) is 16.8 Å². The Kier molecular flexibility index (Phi) is 12.3. The number of nitrogens with two attached hydrogens (primary N) is 1. The molecule has 4 amide bonds. The van der Waals surface area contributed by atoms with E-state index in [4.69, 9.17) is 5.73 Å². The van der Waals surface area contributed by atoms with Crippen LogP contribution in [-0.4, -0.2) is 80.1 Å². The molecule has 1 aromatic heterocycles. The van der Waals surface area contributed by atoms with E-state index < -0.39 is 78.1 Å². The number of carboxylic acids is 1. The van der Waals surface area contributed by atoms with Crippen LogP contribution in [-0.2, 0) is 43.4 Å². The normalized spacial score (nSPS) is 13.3. The van der Waals surface area contributed by atoms with Crippen molar-refractivity contribution in [3.8, 4) is 5.75 Å². The molecule has 0 spiro atoms. The van der Waals surface area contributed by atoms with Gasteiger partial charge in [-0.05, 0) is 36.6 Å². The van der Waals surface area contributed by atoms with Crippen molar-refractivity contribution in [2.24, 2.45) is 5.73 Å². The first kappa shape index (κ1) is 34.7. The number of carbonyl (C=O) groups is 5. The summed E-state index contributed by atoms with van der Waals surface area (Å²) in [5.74, 6) is -4.39.